The third-order valence-electron chi connectivity index (χ3n) is 3.01. The van der Waals surface area contributed by atoms with E-state index in [1.165, 1.54) is 15.3 Å². The average molecular weight is 234 g/mol. The van der Waals surface area contributed by atoms with Crippen LogP contribution in [0.3, 0.4) is 0 Å². The normalized spacial score (nSPS) is 15.1. The molecule has 16 heavy (non-hydrogen) atoms. The molecule has 0 atom stereocenters. The molecular formula is C11H14N4S. The monoisotopic (exact) mass is 234 g/mol. The maximum absolute atomic E-state index is 4.31. The Labute approximate surface area is 98.3 Å². The van der Waals surface area contributed by atoms with Crippen molar-refractivity contribution in [1.82, 2.24) is 20.1 Å². The lowest BCUT2D eigenvalue weighted by atomic mass is 10.3. The number of hydrogen-bond donors (Lipinski definition) is 1. The Kier molecular flexibility index (Phi) is 2.29. The zero-order chi connectivity index (χ0) is 11.1. The molecule has 0 spiro atoms. The highest BCUT2D eigenvalue weighted by Crippen LogP contribution is 2.30. The minimum absolute atomic E-state index is 0.830. The molecule has 1 aliphatic heterocycles. The SMILES string of the molecule is Cc1cc(-c2nnc3n2CCNC3)sc1C. The van der Waals surface area contributed by atoms with E-state index >= 15 is 0 Å². The summed E-state index contributed by atoms with van der Waals surface area (Å²) >= 11 is 1.80. The molecule has 5 heteroatoms. The minimum Gasteiger partial charge on any atom is -0.308 e. The third kappa shape index (κ3) is 1.47. The van der Waals surface area contributed by atoms with Crippen molar-refractivity contribution in [3.8, 4) is 10.7 Å². The van der Waals surface area contributed by atoms with Gasteiger partial charge in [0.15, 0.2) is 5.82 Å². The highest BCUT2D eigenvalue weighted by molar-refractivity contribution is 7.15. The van der Waals surface area contributed by atoms with Gasteiger partial charge in [0.25, 0.3) is 0 Å². The Morgan fingerprint density at radius 2 is 2.25 bits per heavy atom. The Morgan fingerprint density at radius 1 is 1.38 bits per heavy atom. The summed E-state index contributed by atoms with van der Waals surface area (Å²) in [5.41, 5.74) is 1.34. The van der Waals surface area contributed by atoms with Crippen LogP contribution in [0, 0.1) is 13.8 Å². The summed E-state index contributed by atoms with van der Waals surface area (Å²) in [4.78, 5) is 2.59. The van der Waals surface area contributed by atoms with Gasteiger partial charge in [0.05, 0.1) is 11.4 Å². The van der Waals surface area contributed by atoms with Crippen molar-refractivity contribution >= 4 is 11.3 Å². The van der Waals surface area contributed by atoms with E-state index in [1.54, 1.807) is 11.3 Å². The zero-order valence-electron chi connectivity index (χ0n) is 9.45. The quantitative estimate of drug-likeness (QED) is 0.817. The smallest absolute Gasteiger partial charge is 0.174 e. The fourth-order valence-electron chi connectivity index (χ4n) is 1.96. The van der Waals surface area contributed by atoms with Gasteiger partial charge in [-0.1, -0.05) is 0 Å². The van der Waals surface area contributed by atoms with Gasteiger partial charge >= 0.3 is 0 Å². The zero-order valence-corrected chi connectivity index (χ0v) is 10.3. The van der Waals surface area contributed by atoms with Crippen LogP contribution in [0.4, 0.5) is 0 Å². The molecule has 84 valence electrons. The van der Waals surface area contributed by atoms with Crippen molar-refractivity contribution in [2.24, 2.45) is 0 Å². The summed E-state index contributed by atoms with van der Waals surface area (Å²) < 4.78 is 2.22. The lowest BCUT2D eigenvalue weighted by Gasteiger charge is -2.15. The average Bonchev–Trinajstić information content (AvgIpc) is 2.83. The first kappa shape index (κ1) is 9.99. The van der Waals surface area contributed by atoms with E-state index in [2.05, 4.69) is 40.0 Å². The van der Waals surface area contributed by atoms with E-state index in [4.69, 9.17) is 0 Å². The molecule has 2 aromatic heterocycles. The van der Waals surface area contributed by atoms with Crippen LogP contribution >= 0.6 is 11.3 Å². The number of nitrogens with zero attached hydrogens (tertiary/aromatic N) is 3. The minimum atomic E-state index is 0.830. The number of rotatable bonds is 1. The number of aromatic nitrogens is 3. The molecular weight excluding hydrogens is 220 g/mol. The van der Waals surface area contributed by atoms with E-state index in [0.717, 1.165) is 31.3 Å². The maximum atomic E-state index is 4.31. The van der Waals surface area contributed by atoms with Crippen molar-refractivity contribution in [3.63, 3.8) is 0 Å². The predicted octanol–water partition coefficient (Wildman–Crippen LogP) is 1.73. The third-order valence-corrected chi connectivity index (χ3v) is 4.16. The van der Waals surface area contributed by atoms with E-state index in [-0.39, 0.29) is 0 Å². The largest absolute Gasteiger partial charge is 0.308 e. The Hall–Kier alpha value is -1.20. The van der Waals surface area contributed by atoms with E-state index in [9.17, 15) is 0 Å². The first-order valence-corrected chi connectivity index (χ1v) is 6.27. The van der Waals surface area contributed by atoms with Crippen LogP contribution < -0.4 is 5.32 Å². The molecule has 0 bridgehead atoms. The lowest BCUT2D eigenvalue weighted by molar-refractivity contribution is 0.508. The molecule has 1 N–H and O–H groups in total. The molecule has 0 aliphatic carbocycles. The van der Waals surface area contributed by atoms with Gasteiger partial charge in [-0.25, -0.2) is 0 Å². The number of aryl methyl sites for hydroxylation is 2. The van der Waals surface area contributed by atoms with Gasteiger partial charge in [-0.15, -0.1) is 21.5 Å². The van der Waals surface area contributed by atoms with Gasteiger partial charge in [0.1, 0.15) is 5.82 Å². The van der Waals surface area contributed by atoms with Crippen LogP contribution in [-0.4, -0.2) is 21.3 Å². The highest BCUT2D eigenvalue weighted by atomic mass is 32.1. The van der Waals surface area contributed by atoms with Crippen molar-refractivity contribution in [2.45, 2.75) is 26.9 Å². The number of hydrogen-bond acceptors (Lipinski definition) is 4. The summed E-state index contributed by atoms with van der Waals surface area (Å²) in [7, 11) is 0. The molecule has 0 aromatic carbocycles. The van der Waals surface area contributed by atoms with Crippen molar-refractivity contribution in [1.29, 1.82) is 0 Å². The number of fused-ring (bicyclic) bond motifs is 1. The van der Waals surface area contributed by atoms with Crippen LogP contribution in [-0.2, 0) is 13.1 Å². The van der Waals surface area contributed by atoms with E-state index in [0.29, 0.717) is 0 Å². The Balaban J connectivity index is 2.09. The topological polar surface area (TPSA) is 42.7 Å². The second-order valence-electron chi connectivity index (χ2n) is 4.12. The number of nitrogens with one attached hydrogen (secondary N) is 1. The van der Waals surface area contributed by atoms with Crippen LogP contribution in [0.1, 0.15) is 16.3 Å². The van der Waals surface area contributed by atoms with Gasteiger partial charge in [-0.2, -0.15) is 0 Å². The summed E-state index contributed by atoms with van der Waals surface area (Å²) in [5.74, 6) is 2.07. The predicted molar refractivity (Wildman–Crippen MR) is 64.5 cm³/mol. The Morgan fingerprint density at radius 3 is 3.00 bits per heavy atom. The van der Waals surface area contributed by atoms with Crippen molar-refractivity contribution in [2.75, 3.05) is 6.54 Å². The van der Waals surface area contributed by atoms with Crippen LogP contribution in [0.2, 0.25) is 0 Å². The highest BCUT2D eigenvalue weighted by Gasteiger charge is 2.18. The summed E-state index contributed by atoms with van der Waals surface area (Å²) in [6.07, 6.45) is 0. The molecule has 2 aromatic rings. The van der Waals surface area contributed by atoms with Gasteiger partial charge in [0, 0.05) is 18.0 Å². The van der Waals surface area contributed by atoms with Gasteiger partial charge in [-0.3, -0.25) is 0 Å². The molecule has 0 fully saturated rings. The van der Waals surface area contributed by atoms with Gasteiger partial charge < -0.3 is 9.88 Å². The molecule has 0 saturated heterocycles. The van der Waals surface area contributed by atoms with Crippen LogP contribution in [0.5, 0.6) is 0 Å². The lowest BCUT2D eigenvalue weighted by Crippen LogP contribution is -2.28. The fraction of sp³-hybridized carbons (Fsp3) is 0.455. The summed E-state index contributed by atoms with van der Waals surface area (Å²) in [5, 5.41) is 11.8. The molecule has 4 nitrogen and oxygen atoms in total. The van der Waals surface area contributed by atoms with Gasteiger partial charge in [-0.05, 0) is 25.5 Å². The number of thiophene rings is 1. The standard InChI is InChI=1S/C11H14N4S/c1-7-5-9(16-8(7)2)11-14-13-10-6-12-3-4-15(10)11/h5,12H,3-4,6H2,1-2H3. The molecule has 0 amide bonds. The Bertz CT molecular complexity index is 507. The second kappa shape index (κ2) is 3.68. The first-order valence-electron chi connectivity index (χ1n) is 5.46. The first-order chi connectivity index (χ1) is 7.75. The molecule has 1 aliphatic rings. The van der Waals surface area contributed by atoms with Crippen LogP contribution in [0.25, 0.3) is 10.7 Å². The molecule has 3 rings (SSSR count). The summed E-state index contributed by atoms with van der Waals surface area (Å²) in [6, 6.07) is 2.21. The van der Waals surface area contributed by atoms with E-state index in [1.807, 2.05) is 0 Å². The molecule has 3 heterocycles. The van der Waals surface area contributed by atoms with Crippen LogP contribution in [0.15, 0.2) is 6.07 Å². The van der Waals surface area contributed by atoms with E-state index < -0.39 is 0 Å². The molecule has 0 saturated carbocycles. The second-order valence-corrected chi connectivity index (χ2v) is 5.37. The molecule has 0 unspecified atom stereocenters. The van der Waals surface area contributed by atoms with Crippen molar-refractivity contribution in [3.05, 3.63) is 22.3 Å². The van der Waals surface area contributed by atoms with Crippen molar-refractivity contribution < 1.29 is 0 Å². The molecule has 0 radical (unpaired) electrons. The summed E-state index contributed by atoms with van der Waals surface area (Å²) in [6.45, 7) is 7.09. The fourth-order valence-corrected chi connectivity index (χ4v) is 2.99. The maximum Gasteiger partial charge on any atom is 0.174 e. The van der Waals surface area contributed by atoms with Gasteiger partial charge in [0.2, 0.25) is 0 Å².